The summed E-state index contributed by atoms with van der Waals surface area (Å²) >= 11 is 0. The first-order chi connectivity index (χ1) is 12.0. The number of hydrogen-bond acceptors (Lipinski definition) is 4. The molecule has 0 heterocycles. The fraction of sp³-hybridized carbons (Fsp3) is 0.111. The van der Waals surface area contributed by atoms with Crippen LogP contribution in [-0.4, -0.2) is 20.1 Å². The number of nitriles is 1. The standard InChI is InChI=1S/C18H14F2N2O3/c1-24-16-6-3-11(8-17(16)25-2)7-12(10-21)18(23)22-15-5-4-13(19)9-14(15)20/h3-9H,1-2H3,(H,22,23)/b12-7+. The van der Waals surface area contributed by atoms with Crippen LogP contribution in [0.15, 0.2) is 42.0 Å². The summed E-state index contributed by atoms with van der Waals surface area (Å²) in [7, 11) is 2.94. The number of rotatable bonds is 5. The van der Waals surface area contributed by atoms with Gasteiger partial charge < -0.3 is 14.8 Å². The van der Waals surface area contributed by atoms with Gasteiger partial charge in [-0.05, 0) is 35.9 Å². The van der Waals surface area contributed by atoms with Crippen molar-refractivity contribution in [1.82, 2.24) is 0 Å². The van der Waals surface area contributed by atoms with E-state index in [4.69, 9.17) is 9.47 Å². The van der Waals surface area contributed by atoms with E-state index in [1.54, 1.807) is 24.3 Å². The number of carbonyl (C=O) groups excluding carboxylic acids is 1. The molecule has 1 amide bonds. The first-order valence-electron chi connectivity index (χ1n) is 7.08. The van der Waals surface area contributed by atoms with Crippen LogP contribution in [0.4, 0.5) is 14.5 Å². The molecule has 5 nitrogen and oxygen atoms in total. The predicted octanol–water partition coefficient (Wildman–Crippen LogP) is 3.53. The van der Waals surface area contributed by atoms with E-state index in [0.717, 1.165) is 12.1 Å². The SMILES string of the molecule is COc1ccc(/C=C(\C#N)C(=O)Nc2ccc(F)cc2F)cc1OC. The molecule has 0 fully saturated rings. The fourth-order valence-electron chi connectivity index (χ4n) is 2.04. The lowest BCUT2D eigenvalue weighted by Crippen LogP contribution is -2.14. The molecule has 0 saturated heterocycles. The van der Waals surface area contributed by atoms with Gasteiger partial charge in [-0.25, -0.2) is 8.78 Å². The Bertz CT molecular complexity index is 873. The minimum absolute atomic E-state index is 0.222. The van der Waals surface area contributed by atoms with Gasteiger partial charge in [0.05, 0.1) is 19.9 Å². The van der Waals surface area contributed by atoms with E-state index in [9.17, 15) is 18.8 Å². The minimum atomic E-state index is -0.934. The van der Waals surface area contributed by atoms with Gasteiger partial charge in [0.25, 0.3) is 5.91 Å². The second-order valence-electron chi connectivity index (χ2n) is 4.86. The van der Waals surface area contributed by atoms with Gasteiger partial charge in [0.2, 0.25) is 0 Å². The van der Waals surface area contributed by atoms with E-state index < -0.39 is 17.5 Å². The molecule has 2 rings (SSSR count). The molecule has 0 atom stereocenters. The third kappa shape index (κ3) is 4.32. The maximum absolute atomic E-state index is 13.6. The lowest BCUT2D eigenvalue weighted by molar-refractivity contribution is -0.112. The highest BCUT2D eigenvalue weighted by Gasteiger charge is 2.13. The Morgan fingerprint density at radius 2 is 1.84 bits per heavy atom. The van der Waals surface area contributed by atoms with Gasteiger partial charge in [-0.2, -0.15) is 5.26 Å². The van der Waals surface area contributed by atoms with E-state index in [2.05, 4.69) is 5.32 Å². The van der Waals surface area contributed by atoms with Crippen molar-refractivity contribution in [2.45, 2.75) is 0 Å². The summed E-state index contributed by atoms with van der Waals surface area (Å²) in [6.07, 6.45) is 1.32. The number of anilines is 1. The summed E-state index contributed by atoms with van der Waals surface area (Å²) in [4.78, 5) is 12.1. The van der Waals surface area contributed by atoms with E-state index in [1.807, 2.05) is 0 Å². The minimum Gasteiger partial charge on any atom is -0.493 e. The zero-order valence-corrected chi connectivity index (χ0v) is 13.5. The second-order valence-corrected chi connectivity index (χ2v) is 4.86. The molecule has 128 valence electrons. The molecule has 2 aromatic carbocycles. The molecule has 0 bridgehead atoms. The van der Waals surface area contributed by atoms with E-state index >= 15 is 0 Å². The lowest BCUT2D eigenvalue weighted by Gasteiger charge is -2.08. The summed E-state index contributed by atoms with van der Waals surface area (Å²) in [5.74, 6) is -1.59. The zero-order valence-electron chi connectivity index (χ0n) is 13.5. The van der Waals surface area contributed by atoms with Crippen molar-refractivity contribution in [2.24, 2.45) is 0 Å². The Hall–Kier alpha value is -3.40. The number of carbonyl (C=O) groups is 1. The van der Waals surface area contributed by atoms with Gasteiger partial charge in [0.15, 0.2) is 11.5 Å². The van der Waals surface area contributed by atoms with Crippen molar-refractivity contribution in [2.75, 3.05) is 19.5 Å². The summed E-state index contributed by atoms with van der Waals surface area (Å²) < 4.78 is 36.8. The quantitative estimate of drug-likeness (QED) is 0.665. The maximum atomic E-state index is 13.6. The van der Waals surface area contributed by atoms with Gasteiger partial charge in [-0.3, -0.25) is 4.79 Å². The third-order valence-electron chi connectivity index (χ3n) is 3.26. The van der Waals surface area contributed by atoms with Crippen LogP contribution < -0.4 is 14.8 Å². The van der Waals surface area contributed by atoms with Gasteiger partial charge in [0, 0.05) is 6.07 Å². The van der Waals surface area contributed by atoms with Crippen molar-refractivity contribution in [3.8, 4) is 17.6 Å². The summed E-state index contributed by atoms with van der Waals surface area (Å²) in [5, 5.41) is 11.4. The molecule has 0 aliphatic heterocycles. The molecule has 0 radical (unpaired) electrons. The number of benzene rings is 2. The van der Waals surface area contributed by atoms with Crippen molar-refractivity contribution >= 4 is 17.7 Å². The number of ether oxygens (including phenoxy) is 2. The van der Waals surface area contributed by atoms with Crippen LogP contribution in [0.25, 0.3) is 6.08 Å². The van der Waals surface area contributed by atoms with Gasteiger partial charge in [-0.1, -0.05) is 6.07 Å². The van der Waals surface area contributed by atoms with Crippen LogP contribution in [0.5, 0.6) is 11.5 Å². The van der Waals surface area contributed by atoms with Crippen LogP contribution in [0.3, 0.4) is 0 Å². The van der Waals surface area contributed by atoms with E-state index in [0.29, 0.717) is 23.1 Å². The maximum Gasteiger partial charge on any atom is 0.266 e. The summed E-state index contributed by atoms with van der Waals surface area (Å²) in [6.45, 7) is 0. The van der Waals surface area contributed by atoms with E-state index in [-0.39, 0.29) is 11.3 Å². The van der Waals surface area contributed by atoms with Crippen LogP contribution in [0.2, 0.25) is 0 Å². The predicted molar refractivity (Wildman–Crippen MR) is 88.1 cm³/mol. The van der Waals surface area contributed by atoms with Gasteiger partial charge in [0.1, 0.15) is 23.3 Å². The first-order valence-corrected chi connectivity index (χ1v) is 7.08. The first kappa shape index (κ1) is 17.9. The van der Waals surface area contributed by atoms with Gasteiger partial charge >= 0.3 is 0 Å². The lowest BCUT2D eigenvalue weighted by atomic mass is 10.1. The van der Waals surface area contributed by atoms with Crippen molar-refractivity contribution in [3.63, 3.8) is 0 Å². The highest BCUT2D eigenvalue weighted by Crippen LogP contribution is 2.28. The molecule has 7 heteroatoms. The molecule has 2 aromatic rings. The average molecular weight is 344 g/mol. The van der Waals surface area contributed by atoms with E-state index in [1.165, 1.54) is 20.3 Å². The topological polar surface area (TPSA) is 71.3 Å². The number of halogens is 2. The van der Waals surface area contributed by atoms with Crippen molar-refractivity contribution in [3.05, 3.63) is 59.2 Å². The molecule has 0 aromatic heterocycles. The highest BCUT2D eigenvalue weighted by molar-refractivity contribution is 6.09. The van der Waals surface area contributed by atoms with Crippen molar-refractivity contribution < 1.29 is 23.0 Å². The van der Waals surface area contributed by atoms with Crippen LogP contribution in [0, 0.1) is 23.0 Å². The number of hydrogen-bond donors (Lipinski definition) is 1. The zero-order chi connectivity index (χ0) is 18.4. The summed E-state index contributed by atoms with van der Waals surface area (Å²) in [6, 6.07) is 9.30. The molecule has 25 heavy (non-hydrogen) atoms. The molecule has 0 saturated carbocycles. The molecule has 0 spiro atoms. The normalized spacial score (nSPS) is 10.8. The monoisotopic (exact) mass is 344 g/mol. The van der Waals surface area contributed by atoms with Crippen LogP contribution in [0.1, 0.15) is 5.56 Å². The molecular weight excluding hydrogens is 330 g/mol. The average Bonchev–Trinajstić information content (AvgIpc) is 2.61. The second kappa shape index (κ2) is 7.93. The summed E-state index contributed by atoms with van der Waals surface area (Å²) in [5.41, 5.74) is 0.0414. The fourth-order valence-corrected chi connectivity index (χ4v) is 2.04. The largest absolute Gasteiger partial charge is 0.493 e. The highest BCUT2D eigenvalue weighted by atomic mass is 19.1. The number of methoxy groups -OCH3 is 2. The Morgan fingerprint density at radius 3 is 2.44 bits per heavy atom. The smallest absolute Gasteiger partial charge is 0.266 e. The molecule has 0 unspecified atom stereocenters. The third-order valence-corrected chi connectivity index (χ3v) is 3.26. The molecule has 0 aliphatic carbocycles. The Kier molecular flexibility index (Phi) is 5.69. The molecule has 0 aliphatic rings. The Labute approximate surface area is 143 Å². The molecular formula is C18H14F2N2O3. The number of nitrogens with one attached hydrogen (secondary N) is 1. The number of amides is 1. The van der Waals surface area contributed by atoms with Gasteiger partial charge in [-0.15, -0.1) is 0 Å². The van der Waals surface area contributed by atoms with Crippen molar-refractivity contribution in [1.29, 1.82) is 5.26 Å². The Balaban J connectivity index is 2.28. The van der Waals surface area contributed by atoms with Crippen LogP contribution in [-0.2, 0) is 4.79 Å². The molecule has 1 N–H and O–H groups in total. The van der Waals surface area contributed by atoms with Crippen LogP contribution >= 0.6 is 0 Å². The Morgan fingerprint density at radius 1 is 1.12 bits per heavy atom. The number of nitrogens with zero attached hydrogens (tertiary/aromatic N) is 1.